The number of nitrogens with zero attached hydrogens (tertiary/aromatic N) is 1. The minimum Gasteiger partial charge on any atom is -0.511 e. The van der Waals surface area contributed by atoms with Crippen LogP contribution < -0.4 is 0 Å². The molecule has 3 heteroatoms. The molecular formula is C12H15NO2. The number of aromatic hydroxyl groups is 1. The number of para-hydroxylation sites is 1. The summed E-state index contributed by atoms with van der Waals surface area (Å²) in [6, 6.07) is 6.60. The molecule has 80 valence electrons. The van der Waals surface area contributed by atoms with Gasteiger partial charge in [0, 0.05) is 11.3 Å². The SMILES string of the molecule is C=C(O)C(C)N=C(C)c1ccccc1O. The lowest BCUT2D eigenvalue weighted by Crippen LogP contribution is -2.06. The Kier molecular flexibility index (Phi) is 3.50. The van der Waals surface area contributed by atoms with Crippen molar-refractivity contribution in [3.63, 3.8) is 0 Å². The highest BCUT2D eigenvalue weighted by Gasteiger charge is 2.06. The molecule has 0 fully saturated rings. The van der Waals surface area contributed by atoms with Crippen LogP contribution in [0.4, 0.5) is 0 Å². The van der Waals surface area contributed by atoms with E-state index in [1.54, 1.807) is 32.0 Å². The molecule has 0 aromatic heterocycles. The van der Waals surface area contributed by atoms with Crippen molar-refractivity contribution in [2.24, 2.45) is 4.99 Å². The van der Waals surface area contributed by atoms with Crippen LogP contribution in [0.3, 0.4) is 0 Å². The predicted octanol–water partition coefficient (Wildman–Crippen LogP) is 2.66. The van der Waals surface area contributed by atoms with Crippen LogP contribution in [-0.2, 0) is 0 Å². The number of hydrogen-bond donors (Lipinski definition) is 2. The van der Waals surface area contributed by atoms with Gasteiger partial charge in [-0.2, -0.15) is 0 Å². The number of aliphatic imine (C=N–C) groups is 1. The molecule has 0 amide bonds. The van der Waals surface area contributed by atoms with Crippen LogP contribution in [0.5, 0.6) is 5.75 Å². The molecule has 0 saturated heterocycles. The number of rotatable bonds is 3. The predicted molar refractivity (Wildman–Crippen MR) is 61.5 cm³/mol. The first-order valence-electron chi connectivity index (χ1n) is 4.73. The lowest BCUT2D eigenvalue weighted by molar-refractivity contribution is 0.378. The van der Waals surface area contributed by atoms with Gasteiger partial charge < -0.3 is 10.2 Å². The second-order valence-electron chi connectivity index (χ2n) is 3.40. The molecule has 0 radical (unpaired) electrons. The maximum atomic E-state index is 9.57. The third-order valence-corrected chi connectivity index (χ3v) is 2.16. The molecule has 1 aromatic rings. The largest absolute Gasteiger partial charge is 0.511 e. The Morgan fingerprint density at radius 2 is 2.00 bits per heavy atom. The minimum absolute atomic E-state index is 0.0183. The van der Waals surface area contributed by atoms with Gasteiger partial charge >= 0.3 is 0 Å². The van der Waals surface area contributed by atoms with Gasteiger partial charge in [-0.15, -0.1) is 0 Å². The third kappa shape index (κ3) is 2.84. The number of hydrogen-bond acceptors (Lipinski definition) is 3. The van der Waals surface area contributed by atoms with E-state index in [-0.39, 0.29) is 17.6 Å². The van der Waals surface area contributed by atoms with Crippen LogP contribution >= 0.6 is 0 Å². The normalized spacial score (nSPS) is 13.6. The van der Waals surface area contributed by atoms with Gasteiger partial charge in [0.15, 0.2) is 0 Å². The van der Waals surface area contributed by atoms with E-state index in [1.165, 1.54) is 0 Å². The van der Waals surface area contributed by atoms with E-state index in [0.29, 0.717) is 11.3 Å². The van der Waals surface area contributed by atoms with Gasteiger partial charge in [-0.3, -0.25) is 4.99 Å². The number of phenolic OH excluding ortho intramolecular Hbond substituents is 1. The zero-order valence-corrected chi connectivity index (χ0v) is 8.94. The fourth-order valence-corrected chi connectivity index (χ4v) is 1.21. The molecule has 0 aliphatic rings. The summed E-state index contributed by atoms with van der Waals surface area (Å²) in [5.41, 5.74) is 1.35. The summed E-state index contributed by atoms with van der Waals surface area (Å²) in [5, 5.41) is 18.7. The van der Waals surface area contributed by atoms with Crippen molar-refractivity contribution in [1.82, 2.24) is 0 Å². The Morgan fingerprint density at radius 3 is 2.53 bits per heavy atom. The number of aliphatic hydroxyl groups is 1. The number of aliphatic hydroxyl groups excluding tert-OH is 1. The summed E-state index contributed by atoms with van der Waals surface area (Å²) in [7, 11) is 0. The molecule has 1 unspecified atom stereocenters. The van der Waals surface area contributed by atoms with Crippen LogP contribution in [0.15, 0.2) is 41.6 Å². The van der Waals surface area contributed by atoms with E-state index in [0.717, 1.165) is 0 Å². The van der Waals surface area contributed by atoms with Crippen molar-refractivity contribution in [2.45, 2.75) is 19.9 Å². The van der Waals surface area contributed by atoms with Gasteiger partial charge in [0.1, 0.15) is 17.6 Å². The van der Waals surface area contributed by atoms with E-state index in [4.69, 9.17) is 5.11 Å². The van der Waals surface area contributed by atoms with Gasteiger partial charge in [-0.1, -0.05) is 18.7 Å². The average Bonchev–Trinajstić information content (AvgIpc) is 2.18. The van der Waals surface area contributed by atoms with E-state index >= 15 is 0 Å². The van der Waals surface area contributed by atoms with Crippen molar-refractivity contribution < 1.29 is 10.2 Å². The van der Waals surface area contributed by atoms with Gasteiger partial charge in [-0.05, 0) is 26.0 Å². The summed E-state index contributed by atoms with van der Waals surface area (Å²) < 4.78 is 0. The summed E-state index contributed by atoms with van der Waals surface area (Å²) >= 11 is 0. The zero-order valence-electron chi connectivity index (χ0n) is 8.94. The Hall–Kier alpha value is -1.77. The van der Waals surface area contributed by atoms with E-state index < -0.39 is 0 Å². The molecular weight excluding hydrogens is 190 g/mol. The van der Waals surface area contributed by atoms with E-state index in [2.05, 4.69) is 11.6 Å². The zero-order chi connectivity index (χ0) is 11.4. The minimum atomic E-state index is -0.357. The van der Waals surface area contributed by atoms with Crippen molar-refractivity contribution in [1.29, 1.82) is 0 Å². The molecule has 15 heavy (non-hydrogen) atoms. The summed E-state index contributed by atoms with van der Waals surface area (Å²) in [5.74, 6) is 0.208. The molecule has 2 N–H and O–H groups in total. The number of phenols is 1. The van der Waals surface area contributed by atoms with Gasteiger partial charge in [0.2, 0.25) is 0 Å². The van der Waals surface area contributed by atoms with Gasteiger partial charge in [0.25, 0.3) is 0 Å². The maximum absolute atomic E-state index is 9.57. The highest BCUT2D eigenvalue weighted by Crippen LogP contribution is 2.17. The van der Waals surface area contributed by atoms with Crippen LogP contribution in [0.1, 0.15) is 19.4 Å². The molecule has 1 atom stereocenters. The molecule has 1 rings (SSSR count). The summed E-state index contributed by atoms with van der Waals surface area (Å²) in [6.07, 6.45) is 0. The monoisotopic (exact) mass is 205 g/mol. The van der Waals surface area contributed by atoms with Crippen molar-refractivity contribution in [3.05, 3.63) is 42.2 Å². The topological polar surface area (TPSA) is 52.8 Å². The highest BCUT2D eigenvalue weighted by molar-refractivity contribution is 6.01. The van der Waals surface area contributed by atoms with E-state index in [1.807, 2.05) is 6.07 Å². The van der Waals surface area contributed by atoms with Crippen LogP contribution in [0.25, 0.3) is 0 Å². The maximum Gasteiger partial charge on any atom is 0.124 e. The van der Waals surface area contributed by atoms with Crippen molar-refractivity contribution in [2.75, 3.05) is 0 Å². The first kappa shape index (κ1) is 11.3. The second-order valence-corrected chi connectivity index (χ2v) is 3.40. The van der Waals surface area contributed by atoms with Gasteiger partial charge in [-0.25, -0.2) is 0 Å². The molecule has 0 heterocycles. The lowest BCUT2D eigenvalue weighted by atomic mass is 10.1. The molecule has 0 aliphatic heterocycles. The summed E-state index contributed by atoms with van der Waals surface area (Å²) in [4.78, 5) is 4.21. The van der Waals surface area contributed by atoms with Crippen molar-refractivity contribution in [3.8, 4) is 5.75 Å². The lowest BCUT2D eigenvalue weighted by Gasteiger charge is -2.08. The quantitative estimate of drug-likeness (QED) is 0.588. The first-order valence-corrected chi connectivity index (χ1v) is 4.73. The smallest absolute Gasteiger partial charge is 0.124 e. The Bertz CT molecular complexity index is 396. The van der Waals surface area contributed by atoms with Crippen LogP contribution in [0.2, 0.25) is 0 Å². The molecule has 0 spiro atoms. The fraction of sp³-hybridized carbons (Fsp3) is 0.250. The Morgan fingerprint density at radius 1 is 1.40 bits per heavy atom. The van der Waals surface area contributed by atoms with Crippen molar-refractivity contribution >= 4 is 5.71 Å². The van der Waals surface area contributed by atoms with Gasteiger partial charge in [0.05, 0.1) is 0 Å². The molecule has 1 aromatic carbocycles. The first-order chi connectivity index (χ1) is 7.02. The van der Waals surface area contributed by atoms with Crippen LogP contribution in [-0.4, -0.2) is 22.0 Å². The molecule has 3 nitrogen and oxygen atoms in total. The van der Waals surface area contributed by atoms with Crippen LogP contribution in [0, 0.1) is 0 Å². The third-order valence-electron chi connectivity index (χ3n) is 2.16. The number of benzene rings is 1. The Labute approximate surface area is 89.4 Å². The average molecular weight is 205 g/mol. The molecule has 0 aliphatic carbocycles. The summed E-state index contributed by atoms with van der Waals surface area (Å²) in [6.45, 7) is 6.94. The molecule has 0 bridgehead atoms. The van der Waals surface area contributed by atoms with E-state index in [9.17, 15) is 5.11 Å². The molecule has 0 saturated carbocycles. The Balaban J connectivity index is 2.99. The highest BCUT2D eigenvalue weighted by atomic mass is 16.3. The fourth-order valence-electron chi connectivity index (χ4n) is 1.21. The second kappa shape index (κ2) is 4.64. The standard InChI is InChI=1S/C12H15NO2/c1-8(10(3)14)13-9(2)11-6-4-5-7-12(11)15/h4-8,14-15H,3H2,1-2H3.